The van der Waals surface area contributed by atoms with Gasteiger partial charge in [0.15, 0.2) is 0 Å². The topological polar surface area (TPSA) is 89.0 Å². The van der Waals surface area contributed by atoms with Gasteiger partial charge in [0.05, 0.1) is 24.8 Å². The molecule has 4 rings (SSSR count). The molecule has 7 heteroatoms. The van der Waals surface area contributed by atoms with Gasteiger partial charge in [0, 0.05) is 11.8 Å². The molecule has 0 saturated carbocycles. The number of pyridine rings is 1. The number of benzene rings is 2. The predicted molar refractivity (Wildman–Crippen MR) is 124 cm³/mol. The van der Waals surface area contributed by atoms with E-state index in [1.54, 1.807) is 72.9 Å². The van der Waals surface area contributed by atoms with Crippen molar-refractivity contribution < 1.29 is 24.2 Å². The number of nitrogens with zero attached hydrogens (tertiary/aromatic N) is 2. The molecule has 2 aromatic carbocycles. The summed E-state index contributed by atoms with van der Waals surface area (Å²) in [5.41, 5.74) is 0.995. The van der Waals surface area contributed by atoms with Gasteiger partial charge in [-0.05, 0) is 67.9 Å². The number of aliphatic hydroxyl groups is 1. The van der Waals surface area contributed by atoms with Crippen molar-refractivity contribution in [2.75, 3.05) is 12.0 Å². The number of carbonyl (C=O) groups is 2. The van der Waals surface area contributed by atoms with E-state index in [0.29, 0.717) is 28.4 Å². The maximum Gasteiger partial charge on any atom is 0.301 e. The minimum Gasteiger partial charge on any atom is -0.507 e. The fraction of sp³-hybridized carbons (Fsp3) is 0.192. The van der Waals surface area contributed by atoms with Gasteiger partial charge in [0.1, 0.15) is 23.1 Å². The highest BCUT2D eigenvalue weighted by Crippen LogP contribution is 2.42. The maximum absolute atomic E-state index is 13.2. The van der Waals surface area contributed by atoms with Crippen molar-refractivity contribution in [3.8, 4) is 11.5 Å². The van der Waals surface area contributed by atoms with E-state index in [4.69, 9.17) is 9.47 Å². The number of ketones is 1. The van der Waals surface area contributed by atoms with Gasteiger partial charge in [-0.2, -0.15) is 0 Å². The lowest BCUT2D eigenvalue weighted by Gasteiger charge is -2.24. The molecule has 7 nitrogen and oxygen atoms in total. The fourth-order valence-electron chi connectivity index (χ4n) is 3.81. The second kappa shape index (κ2) is 9.16. The first-order valence-electron chi connectivity index (χ1n) is 10.5. The summed E-state index contributed by atoms with van der Waals surface area (Å²) in [5, 5.41) is 11.2. The van der Waals surface area contributed by atoms with Gasteiger partial charge in [0.2, 0.25) is 0 Å². The maximum atomic E-state index is 13.2. The lowest BCUT2D eigenvalue weighted by atomic mass is 9.95. The lowest BCUT2D eigenvalue weighted by molar-refractivity contribution is -0.132. The molecule has 1 amide bonds. The third-order valence-electron chi connectivity index (χ3n) is 5.25. The van der Waals surface area contributed by atoms with Crippen LogP contribution in [0.25, 0.3) is 5.76 Å². The third-order valence-corrected chi connectivity index (χ3v) is 5.25. The van der Waals surface area contributed by atoms with Crippen molar-refractivity contribution in [3.63, 3.8) is 0 Å². The fourth-order valence-corrected chi connectivity index (χ4v) is 3.81. The van der Waals surface area contributed by atoms with E-state index in [0.717, 1.165) is 0 Å². The van der Waals surface area contributed by atoms with Crippen LogP contribution in [0.15, 0.2) is 78.5 Å². The highest BCUT2D eigenvalue weighted by molar-refractivity contribution is 6.51. The van der Waals surface area contributed by atoms with Crippen molar-refractivity contribution in [2.24, 2.45) is 0 Å². The molecule has 168 valence electrons. The first kappa shape index (κ1) is 22.1. The average Bonchev–Trinajstić information content (AvgIpc) is 3.10. The summed E-state index contributed by atoms with van der Waals surface area (Å²) in [6.07, 6.45) is 1.55. The number of ether oxygens (including phenoxy) is 2. The molecule has 33 heavy (non-hydrogen) atoms. The van der Waals surface area contributed by atoms with E-state index in [2.05, 4.69) is 4.98 Å². The molecule has 0 unspecified atom stereocenters. The number of carbonyl (C=O) groups excluding carboxylic acids is 2. The summed E-state index contributed by atoms with van der Waals surface area (Å²) in [5.74, 6) is -0.298. The number of Topliss-reactive ketones (excluding diaryl/α,β-unsaturated/α-hetero) is 1. The Hall–Kier alpha value is -4.13. The molecule has 0 aliphatic carbocycles. The Morgan fingerprint density at radius 3 is 2.39 bits per heavy atom. The number of hydrogen-bond acceptors (Lipinski definition) is 6. The lowest BCUT2D eigenvalue weighted by Crippen LogP contribution is -2.30. The first-order chi connectivity index (χ1) is 15.9. The van der Waals surface area contributed by atoms with Crippen molar-refractivity contribution in [3.05, 3.63) is 89.6 Å². The number of methoxy groups -OCH3 is 1. The van der Waals surface area contributed by atoms with E-state index < -0.39 is 17.7 Å². The molecule has 2 heterocycles. The van der Waals surface area contributed by atoms with Gasteiger partial charge >= 0.3 is 5.91 Å². The summed E-state index contributed by atoms with van der Waals surface area (Å²) in [7, 11) is 1.54. The van der Waals surface area contributed by atoms with Gasteiger partial charge < -0.3 is 14.6 Å². The predicted octanol–water partition coefficient (Wildman–Crippen LogP) is 4.50. The van der Waals surface area contributed by atoms with Crippen LogP contribution in [-0.4, -0.2) is 35.0 Å². The molecule has 3 aromatic rings. The van der Waals surface area contributed by atoms with E-state index in [1.165, 1.54) is 12.0 Å². The van der Waals surface area contributed by atoms with Gasteiger partial charge in [-0.1, -0.05) is 18.2 Å². The molecule has 1 aliphatic rings. The molecule has 0 spiro atoms. The van der Waals surface area contributed by atoms with Crippen LogP contribution >= 0.6 is 0 Å². The highest BCUT2D eigenvalue weighted by Gasteiger charge is 2.47. The number of rotatable bonds is 6. The summed E-state index contributed by atoms with van der Waals surface area (Å²) in [4.78, 5) is 31.8. The zero-order valence-corrected chi connectivity index (χ0v) is 18.6. The van der Waals surface area contributed by atoms with Crippen LogP contribution in [0, 0.1) is 0 Å². The average molecular weight is 444 g/mol. The Morgan fingerprint density at radius 2 is 1.76 bits per heavy atom. The van der Waals surface area contributed by atoms with Gasteiger partial charge in [-0.15, -0.1) is 0 Å². The Labute approximate surface area is 191 Å². The van der Waals surface area contributed by atoms with Crippen LogP contribution in [0.2, 0.25) is 0 Å². The number of anilines is 1. The summed E-state index contributed by atoms with van der Waals surface area (Å²) in [6.45, 7) is 3.84. The van der Waals surface area contributed by atoms with Gasteiger partial charge in [-0.3, -0.25) is 14.5 Å². The molecule has 1 N–H and O–H groups in total. The molecule has 1 saturated heterocycles. The van der Waals surface area contributed by atoms with Crippen molar-refractivity contribution in [1.29, 1.82) is 0 Å². The summed E-state index contributed by atoms with van der Waals surface area (Å²) in [6, 6.07) is 18.0. The Balaban J connectivity index is 1.87. The minimum atomic E-state index is -0.874. The molecule has 1 aromatic heterocycles. The first-order valence-corrected chi connectivity index (χ1v) is 10.5. The smallest absolute Gasteiger partial charge is 0.301 e. The van der Waals surface area contributed by atoms with Gasteiger partial charge in [0.25, 0.3) is 5.78 Å². The minimum absolute atomic E-state index is 0.00112. The normalized spacial score (nSPS) is 17.5. The Kier molecular flexibility index (Phi) is 6.13. The second-order valence-electron chi connectivity index (χ2n) is 7.82. The highest BCUT2D eigenvalue weighted by atomic mass is 16.5. The number of hydrogen-bond donors (Lipinski definition) is 1. The zero-order valence-electron chi connectivity index (χ0n) is 18.6. The number of amides is 1. The SMILES string of the molecule is COc1cccc([C@H]2/C(=C(\O)c3ccc(OC(C)C)cc3)C(=O)C(=O)N2c2ccccn2)c1. The third kappa shape index (κ3) is 4.30. The van der Waals surface area contributed by atoms with Crippen LogP contribution in [0.4, 0.5) is 5.82 Å². The van der Waals surface area contributed by atoms with Crippen LogP contribution in [-0.2, 0) is 9.59 Å². The van der Waals surface area contributed by atoms with E-state index in [1.807, 2.05) is 13.8 Å². The second-order valence-corrected chi connectivity index (χ2v) is 7.82. The van der Waals surface area contributed by atoms with E-state index >= 15 is 0 Å². The van der Waals surface area contributed by atoms with Crippen molar-refractivity contribution in [1.82, 2.24) is 4.98 Å². The summed E-state index contributed by atoms with van der Waals surface area (Å²) < 4.78 is 11.0. The largest absolute Gasteiger partial charge is 0.507 e. The van der Waals surface area contributed by atoms with E-state index in [9.17, 15) is 14.7 Å². The van der Waals surface area contributed by atoms with Crippen LogP contribution in [0.1, 0.15) is 31.0 Å². The van der Waals surface area contributed by atoms with Gasteiger partial charge in [-0.25, -0.2) is 4.98 Å². The zero-order chi connectivity index (χ0) is 23.5. The monoisotopic (exact) mass is 444 g/mol. The molecule has 1 aliphatic heterocycles. The van der Waals surface area contributed by atoms with Crippen LogP contribution < -0.4 is 14.4 Å². The molecule has 0 bridgehead atoms. The van der Waals surface area contributed by atoms with Crippen molar-refractivity contribution in [2.45, 2.75) is 26.0 Å². The molecular weight excluding hydrogens is 420 g/mol. The van der Waals surface area contributed by atoms with Crippen molar-refractivity contribution >= 4 is 23.3 Å². The van der Waals surface area contributed by atoms with Crippen LogP contribution in [0.5, 0.6) is 11.5 Å². The van der Waals surface area contributed by atoms with E-state index in [-0.39, 0.29) is 17.4 Å². The van der Waals surface area contributed by atoms with Crippen LogP contribution in [0.3, 0.4) is 0 Å². The Morgan fingerprint density at radius 1 is 1.00 bits per heavy atom. The Bertz CT molecular complexity index is 1200. The summed E-state index contributed by atoms with van der Waals surface area (Å²) >= 11 is 0. The molecular formula is C26H24N2O5. The standard InChI is InChI=1S/C26H24N2O5/c1-16(2)33-19-12-10-17(11-13-19)24(29)22-23(18-7-6-8-20(15-18)32-3)28(26(31)25(22)30)21-9-4-5-14-27-21/h4-16,23,29H,1-3H3/b24-22+/t23-/m0/s1. The molecule has 1 atom stereocenters. The number of aliphatic hydroxyl groups excluding tert-OH is 1. The quantitative estimate of drug-likeness (QED) is 0.342. The molecule has 1 fully saturated rings. The molecule has 0 radical (unpaired) electrons. The number of aromatic nitrogens is 1.